The molecule has 0 aliphatic carbocycles. The smallest absolute Gasteiger partial charge is 0.241 e. The summed E-state index contributed by atoms with van der Waals surface area (Å²) in [4.78, 5) is 11.5. The molecule has 0 bridgehead atoms. The molecule has 1 rings (SSSR count). The van der Waals surface area contributed by atoms with Crippen LogP contribution in [-0.4, -0.2) is 19.0 Å². The molecule has 0 fully saturated rings. The zero-order valence-electron chi connectivity index (χ0n) is 8.47. The Morgan fingerprint density at radius 1 is 1.40 bits per heavy atom. The number of nitrogens with one attached hydrogen (secondary N) is 2. The van der Waals surface area contributed by atoms with Gasteiger partial charge in [0.1, 0.15) is 0 Å². The van der Waals surface area contributed by atoms with Crippen LogP contribution in [0.3, 0.4) is 0 Å². The largest absolute Gasteiger partial charge is 0.323 e. The molecule has 0 saturated carbocycles. The quantitative estimate of drug-likeness (QED) is 0.861. The van der Waals surface area contributed by atoms with Gasteiger partial charge in [-0.3, -0.25) is 4.79 Å². The molecule has 0 spiro atoms. The van der Waals surface area contributed by atoms with Crippen LogP contribution in [0, 0.1) is 0 Å². The number of likely N-dealkylation sites (N-methyl/N-ethyl adjacent to an activating group) is 1. The van der Waals surface area contributed by atoms with Gasteiger partial charge in [-0.1, -0.05) is 29.3 Å². The number of hydrogen-bond acceptors (Lipinski definition) is 2. The molecule has 0 heterocycles. The second-order valence-corrected chi connectivity index (χ2v) is 3.89. The first kappa shape index (κ1) is 12.3. The zero-order valence-corrected chi connectivity index (χ0v) is 9.99. The lowest BCUT2D eigenvalue weighted by Gasteiger charge is -2.12. The highest BCUT2D eigenvalue weighted by atomic mass is 35.5. The van der Waals surface area contributed by atoms with Gasteiger partial charge in [0.2, 0.25) is 5.91 Å². The number of rotatable bonds is 3. The van der Waals surface area contributed by atoms with E-state index in [1.807, 2.05) is 0 Å². The standard InChI is InChI=1S/C10H12Cl2N2O/c1-6(13-2)10(15)14-8-5-3-4-7(11)9(8)12/h3-6,13H,1-2H3,(H,14,15). The Morgan fingerprint density at radius 2 is 2.07 bits per heavy atom. The van der Waals surface area contributed by atoms with Crippen LogP contribution in [0.4, 0.5) is 5.69 Å². The number of carbonyl (C=O) groups is 1. The first-order valence-corrected chi connectivity index (χ1v) is 5.24. The van der Waals surface area contributed by atoms with Crippen molar-refractivity contribution in [1.82, 2.24) is 5.32 Å². The zero-order chi connectivity index (χ0) is 11.4. The molecule has 1 amide bonds. The molecule has 1 atom stereocenters. The molecule has 82 valence electrons. The molecule has 0 radical (unpaired) electrons. The molecule has 3 nitrogen and oxygen atoms in total. The van der Waals surface area contributed by atoms with E-state index < -0.39 is 0 Å². The Morgan fingerprint density at radius 3 is 2.67 bits per heavy atom. The van der Waals surface area contributed by atoms with E-state index in [1.54, 1.807) is 32.2 Å². The van der Waals surface area contributed by atoms with Gasteiger partial charge < -0.3 is 10.6 Å². The van der Waals surface area contributed by atoms with Crippen molar-refractivity contribution in [2.75, 3.05) is 12.4 Å². The molecular formula is C10H12Cl2N2O. The molecule has 1 unspecified atom stereocenters. The van der Waals surface area contributed by atoms with Crippen LogP contribution in [-0.2, 0) is 4.79 Å². The maximum atomic E-state index is 11.5. The Kier molecular flexibility index (Phi) is 4.39. The fourth-order valence-electron chi connectivity index (χ4n) is 0.972. The van der Waals surface area contributed by atoms with Crippen LogP contribution in [0.2, 0.25) is 10.0 Å². The SMILES string of the molecule is CNC(C)C(=O)Nc1cccc(Cl)c1Cl. The maximum absolute atomic E-state index is 11.5. The summed E-state index contributed by atoms with van der Waals surface area (Å²) < 4.78 is 0. The normalized spacial score (nSPS) is 12.3. The van der Waals surface area contributed by atoms with Crippen LogP contribution < -0.4 is 10.6 Å². The monoisotopic (exact) mass is 246 g/mol. The Hall–Kier alpha value is -0.770. The third-order valence-electron chi connectivity index (χ3n) is 2.04. The third kappa shape index (κ3) is 3.09. The lowest BCUT2D eigenvalue weighted by Crippen LogP contribution is -2.35. The van der Waals surface area contributed by atoms with Crippen molar-refractivity contribution in [2.45, 2.75) is 13.0 Å². The first-order chi connectivity index (χ1) is 7.06. The number of halogens is 2. The lowest BCUT2D eigenvalue weighted by atomic mass is 10.2. The Labute approximate surface area is 98.8 Å². The van der Waals surface area contributed by atoms with Gasteiger partial charge in [-0.05, 0) is 26.1 Å². The second kappa shape index (κ2) is 5.35. The molecule has 2 N–H and O–H groups in total. The van der Waals surface area contributed by atoms with Gasteiger partial charge in [0.15, 0.2) is 0 Å². The molecule has 0 aliphatic heterocycles. The molecule has 15 heavy (non-hydrogen) atoms. The number of benzene rings is 1. The van der Waals surface area contributed by atoms with E-state index in [2.05, 4.69) is 10.6 Å². The van der Waals surface area contributed by atoms with E-state index >= 15 is 0 Å². The third-order valence-corrected chi connectivity index (χ3v) is 2.85. The van der Waals surface area contributed by atoms with E-state index in [0.717, 1.165) is 0 Å². The van der Waals surface area contributed by atoms with E-state index in [1.165, 1.54) is 0 Å². The molecule has 1 aromatic carbocycles. The predicted molar refractivity (Wildman–Crippen MR) is 63.6 cm³/mol. The topological polar surface area (TPSA) is 41.1 Å². The molecular weight excluding hydrogens is 235 g/mol. The van der Waals surface area contributed by atoms with Gasteiger partial charge in [-0.2, -0.15) is 0 Å². The van der Waals surface area contributed by atoms with Gasteiger partial charge in [0.05, 0.1) is 21.8 Å². The number of amides is 1. The Bertz CT molecular complexity index is 368. The summed E-state index contributed by atoms with van der Waals surface area (Å²) in [6, 6.07) is 4.82. The van der Waals surface area contributed by atoms with Crippen LogP contribution in [0.5, 0.6) is 0 Å². The summed E-state index contributed by atoms with van der Waals surface area (Å²) in [6.45, 7) is 1.76. The predicted octanol–water partition coefficient (Wildman–Crippen LogP) is 2.54. The molecule has 0 saturated heterocycles. The van der Waals surface area contributed by atoms with Crippen LogP contribution in [0.1, 0.15) is 6.92 Å². The van der Waals surface area contributed by atoms with Crippen molar-refractivity contribution in [3.05, 3.63) is 28.2 Å². The van der Waals surface area contributed by atoms with Gasteiger partial charge in [-0.15, -0.1) is 0 Å². The number of anilines is 1. The summed E-state index contributed by atoms with van der Waals surface area (Å²) >= 11 is 11.7. The van der Waals surface area contributed by atoms with Crippen molar-refractivity contribution in [3.63, 3.8) is 0 Å². The van der Waals surface area contributed by atoms with E-state index in [-0.39, 0.29) is 11.9 Å². The summed E-state index contributed by atoms with van der Waals surface area (Å²) in [6.07, 6.45) is 0. The fourth-order valence-corrected chi connectivity index (χ4v) is 1.32. The molecule has 0 aliphatic rings. The number of hydrogen-bond donors (Lipinski definition) is 2. The van der Waals surface area contributed by atoms with Crippen molar-refractivity contribution >= 4 is 34.8 Å². The lowest BCUT2D eigenvalue weighted by molar-refractivity contribution is -0.117. The minimum Gasteiger partial charge on any atom is -0.323 e. The molecule has 0 aromatic heterocycles. The average Bonchev–Trinajstić information content (AvgIpc) is 2.23. The first-order valence-electron chi connectivity index (χ1n) is 4.48. The highest BCUT2D eigenvalue weighted by Gasteiger charge is 2.12. The summed E-state index contributed by atoms with van der Waals surface area (Å²) in [5.41, 5.74) is 0.524. The molecule has 1 aromatic rings. The summed E-state index contributed by atoms with van der Waals surface area (Å²) in [5, 5.41) is 6.29. The minimum atomic E-state index is -0.278. The molecule has 5 heteroatoms. The highest BCUT2D eigenvalue weighted by Crippen LogP contribution is 2.29. The van der Waals surface area contributed by atoms with Gasteiger partial charge in [0.25, 0.3) is 0 Å². The second-order valence-electron chi connectivity index (χ2n) is 3.10. The Balaban J connectivity index is 2.81. The van der Waals surface area contributed by atoms with E-state index in [0.29, 0.717) is 15.7 Å². The van der Waals surface area contributed by atoms with Crippen molar-refractivity contribution in [2.24, 2.45) is 0 Å². The minimum absolute atomic E-state index is 0.151. The maximum Gasteiger partial charge on any atom is 0.241 e. The average molecular weight is 247 g/mol. The fraction of sp³-hybridized carbons (Fsp3) is 0.300. The summed E-state index contributed by atoms with van der Waals surface area (Å²) in [5.74, 6) is -0.151. The highest BCUT2D eigenvalue weighted by molar-refractivity contribution is 6.44. The van der Waals surface area contributed by atoms with Gasteiger partial charge >= 0.3 is 0 Å². The van der Waals surface area contributed by atoms with Crippen LogP contribution in [0.15, 0.2) is 18.2 Å². The number of carbonyl (C=O) groups excluding carboxylic acids is 1. The van der Waals surface area contributed by atoms with E-state index in [4.69, 9.17) is 23.2 Å². The van der Waals surface area contributed by atoms with Crippen molar-refractivity contribution in [1.29, 1.82) is 0 Å². The van der Waals surface area contributed by atoms with Crippen molar-refractivity contribution < 1.29 is 4.79 Å². The van der Waals surface area contributed by atoms with E-state index in [9.17, 15) is 4.79 Å². The van der Waals surface area contributed by atoms with Gasteiger partial charge in [-0.25, -0.2) is 0 Å². The van der Waals surface area contributed by atoms with Crippen molar-refractivity contribution in [3.8, 4) is 0 Å². The van der Waals surface area contributed by atoms with Crippen LogP contribution >= 0.6 is 23.2 Å². The van der Waals surface area contributed by atoms with Crippen LogP contribution in [0.25, 0.3) is 0 Å². The van der Waals surface area contributed by atoms with Gasteiger partial charge in [0, 0.05) is 0 Å². The summed E-state index contributed by atoms with van der Waals surface area (Å²) in [7, 11) is 1.71.